The average Bonchev–Trinajstić information content (AvgIpc) is 3.24. The molecule has 0 saturated heterocycles. The standard InChI is InChI=1S/C22H16ClFN6O/c1-12(29-21-19-20(26-10-25-19)27-11-28-21)17-9-13-5-4-7-15(24)18(13)22(31)30(17)16-8-3-2-6-14(16)23/h2-12H,1H3,(H2,25,26,27,28,29)/t12-/m0/s1. The summed E-state index contributed by atoms with van der Waals surface area (Å²) < 4.78 is 16.0. The Morgan fingerprint density at radius 2 is 1.97 bits per heavy atom. The van der Waals surface area contributed by atoms with E-state index in [0.717, 1.165) is 0 Å². The van der Waals surface area contributed by atoms with E-state index in [2.05, 4.69) is 25.3 Å². The Kier molecular flexibility index (Phi) is 4.63. The van der Waals surface area contributed by atoms with Gasteiger partial charge >= 0.3 is 0 Å². The van der Waals surface area contributed by atoms with Gasteiger partial charge in [-0.1, -0.05) is 35.9 Å². The summed E-state index contributed by atoms with van der Waals surface area (Å²) in [4.78, 5) is 29.1. The molecule has 0 spiro atoms. The summed E-state index contributed by atoms with van der Waals surface area (Å²) in [5.41, 5.74) is 1.75. The van der Waals surface area contributed by atoms with Crippen molar-refractivity contribution in [2.45, 2.75) is 13.0 Å². The highest BCUT2D eigenvalue weighted by Gasteiger charge is 2.20. The minimum atomic E-state index is -0.579. The maximum absolute atomic E-state index is 14.6. The Morgan fingerprint density at radius 1 is 1.13 bits per heavy atom. The van der Waals surface area contributed by atoms with Gasteiger partial charge in [-0.05, 0) is 36.6 Å². The van der Waals surface area contributed by atoms with Crippen molar-refractivity contribution in [3.63, 3.8) is 0 Å². The molecule has 0 saturated carbocycles. The third-order valence-corrected chi connectivity index (χ3v) is 5.45. The zero-order valence-corrected chi connectivity index (χ0v) is 17.1. The molecule has 3 aromatic heterocycles. The Labute approximate surface area is 180 Å². The topological polar surface area (TPSA) is 88.5 Å². The molecule has 2 N–H and O–H groups in total. The predicted octanol–water partition coefficient (Wildman–Crippen LogP) is 4.62. The Morgan fingerprint density at radius 3 is 2.81 bits per heavy atom. The fourth-order valence-corrected chi connectivity index (χ4v) is 3.91. The van der Waals surface area contributed by atoms with Gasteiger partial charge < -0.3 is 10.3 Å². The van der Waals surface area contributed by atoms with Gasteiger partial charge in [0.1, 0.15) is 17.7 Å². The number of pyridine rings is 1. The quantitative estimate of drug-likeness (QED) is 0.431. The number of fused-ring (bicyclic) bond motifs is 2. The van der Waals surface area contributed by atoms with Gasteiger partial charge in [-0.3, -0.25) is 9.36 Å². The molecule has 5 aromatic rings. The number of hydrogen-bond donors (Lipinski definition) is 2. The highest BCUT2D eigenvalue weighted by molar-refractivity contribution is 6.32. The fourth-order valence-electron chi connectivity index (χ4n) is 3.69. The van der Waals surface area contributed by atoms with Crippen LogP contribution in [-0.2, 0) is 0 Å². The van der Waals surface area contributed by atoms with E-state index < -0.39 is 17.4 Å². The molecule has 0 amide bonds. The second kappa shape index (κ2) is 7.48. The summed E-state index contributed by atoms with van der Waals surface area (Å²) in [5, 5.41) is 4.19. The molecule has 0 aliphatic heterocycles. The summed E-state index contributed by atoms with van der Waals surface area (Å²) in [6.45, 7) is 1.88. The molecule has 31 heavy (non-hydrogen) atoms. The van der Waals surface area contributed by atoms with E-state index in [4.69, 9.17) is 11.6 Å². The third-order valence-electron chi connectivity index (χ3n) is 5.13. The predicted molar refractivity (Wildman–Crippen MR) is 118 cm³/mol. The van der Waals surface area contributed by atoms with Gasteiger partial charge in [0.15, 0.2) is 11.5 Å². The highest BCUT2D eigenvalue weighted by atomic mass is 35.5. The van der Waals surface area contributed by atoms with Crippen LogP contribution in [0.1, 0.15) is 18.7 Å². The van der Waals surface area contributed by atoms with Gasteiger partial charge in [-0.25, -0.2) is 19.3 Å². The molecule has 1 atom stereocenters. The van der Waals surface area contributed by atoms with Crippen molar-refractivity contribution in [3.8, 4) is 5.69 Å². The number of nitrogens with one attached hydrogen (secondary N) is 2. The van der Waals surface area contributed by atoms with Gasteiger partial charge in [0.05, 0.1) is 28.5 Å². The number of anilines is 1. The molecule has 0 bridgehead atoms. The smallest absolute Gasteiger partial charge is 0.266 e. The average molecular weight is 435 g/mol. The van der Waals surface area contributed by atoms with Crippen LogP contribution in [0.25, 0.3) is 27.6 Å². The second-order valence-corrected chi connectivity index (χ2v) is 7.46. The largest absolute Gasteiger partial charge is 0.360 e. The van der Waals surface area contributed by atoms with E-state index in [9.17, 15) is 9.18 Å². The molecule has 0 radical (unpaired) electrons. The lowest BCUT2D eigenvalue weighted by atomic mass is 10.1. The van der Waals surface area contributed by atoms with Gasteiger partial charge in [-0.15, -0.1) is 0 Å². The molecule has 0 aliphatic carbocycles. The minimum absolute atomic E-state index is 0.00935. The molecule has 9 heteroatoms. The first-order valence-electron chi connectivity index (χ1n) is 9.54. The number of aromatic nitrogens is 5. The number of aromatic amines is 1. The van der Waals surface area contributed by atoms with Crippen LogP contribution in [0.2, 0.25) is 5.02 Å². The van der Waals surface area contributed by atoms with Crippen LogP contribution in [0.3, 0.4) is 0 Å². The second-order valence-electron chi connectivity index (χ2n) is 7.05. The van der Waals surface area contributed by atoms with Crippen molar-refractivity contribution < 1.29 is 4.39 Å². The molecule has 2 aromatic carbocycles. The van der Waals surface area contributed by atoms with E-state index in [1.807, 2.05) is 6.92 Å². The summed E-state index contributed by atoms with van der Waals surface area (Å²) in [6, 6.07) is 12.9. The summed E-state index contributed by atoms with van der Waals surface area (Å²) in [7, 11) is 0. The minimum Gasteiger partial charge on any atom is -0.360 e. The highest BCUT2D eigenvalue weighted by Crippen LogP contribution is 2.28. The van der Waals surface area contributed by atoms with Gasteiger partial charge in [0, 0.05) is 5.69 Å². The number of halogens is 2. The lowest BCUT2D eigenvalue weighted by Crippen LogP contribution is -2.26. The number of imidazole rings is 1. The van der Waals surface area contributed by atoms with Crippen LogP contribution in [0.15, 0.2) is 66.0 Å². The third kappa shape index (κ3) is 3.21. The summed E-state index contributed by atoms with van der Waals surface area (Å²) in [6.07, 6.45) is 2.96. The van der Waals surface area contributed by atoms with Crippen molar-refractivity contribution in [2.24, 2.45) is 0 Å². The number of H-pyrrole nitrogens is 1. The number of para-hydroxylation sites is 1. The first-order chi connectivity index (χ1) is 15.0. The molecule has 0 fully saturated rings. The normalized spacial score (nSPS) is 12.4. The van der Waals surface area contributed by atoms with Crippen molar-refractivity contribution in [2.75, 3.05) is 5.32 Å². The molecule has 3 heterocycles. The van der Waals surface area contributed by atoms with E-state index >= 15 is 0 Å². The van der Waals surface area contributed by atoms with Gasteiger partial charge in [0.2, 0.25) is 0 Å². The first kappa shape index (κ1) is 19.2. The van der Waals surface area contributed by atoms with E-state index in [1.54, 1.807) is 42.5 Å². The molecule has 5 rings (SSSR count). The van der Waals surface area contributed by atoms with E-state index in [1.165, 1.54) is 23.3 Å². The van der Waals surface area contributed by atoms with Crippen molar-refractivity contribution in [3.05, 3.63) is 88.1 Å². The van der Waals surface area contributed by atoms with Gasteiger partial charge in [0.25, 0.3) is 5.56 Å². The monoisotopic (exact) mass is 434 g/mol. The van der Waals surface area contributed by atoms with Crippen molar-refractivity contribution >= 4 is 39.4 Å². The molecule has 0 unspecified atom stereocenters. The number of benzene rings is 2. The van der Waals surface area contributed by atoms with E-state index in [-0.39, 0.29) is 5.39 Å². The van der Waals surface area contributed by atoms with Crippen LogP contribution in [-0.4, -0.2) is 24.5 Å². The van der Waals surface area contributed by atoms with Crippen LogP contribution in [0, 0.1) is 5.82 Å². The Balaban J connectivity index is 1.74. The SMILES string of the molecule is C[C@H](Nc1ncnc2[nH]cnc12)c1cc2cccc(F)c2c(=O)n1-c1ccccc1Cl. The zero-order valence-electron chi connectivity index (χ0n) is 16.3. The molecule has 0 aliphatic rings. The van der Waals surface area contributed by atoms with Crippen molar-refractivity contribution in [1.82, 2.24) is 24.5 Å². The maximum Gasteiger partial charge on any atom is 0.266 e. The van der Waals surface area contributed by atoms with E-state index in [0.29, 0.717) is 38.8 Å². The fraction of sp³-hybridized carbons (Fsp3) is 0.0909. The summed E-state index contributed by atoms with van der Waals surface area (Å²) >= 11 is 6.41. The van der Waals surface area contributed by atoms with Gasteiger partial charge in [-0.2, -0.15) is 0 Å². The number of rotatable bonds is 4. The summed E-state index contributed by atoms with van der Waals surface area (Å²) in [5.74, 6) is -0.0688. The zero-order chi connectivity index (χ0) is 21.5. The number of nitrogens with zero attached hydrogens (tertiary/aromatic N) is 4. The molecular formula is C22H16ClFN6O. The van der Waals surface area contributed by atoms with Crippen LogP contribution in [0.4, 0.5) is 10.2 Å². The Bertz CT molecular complexity index is 1490. The molecule has 7 nitrogen and oxygen atoms in total. The lowest BCUT2D eigenvalue weighted by molar-refractivity contribution is 0.637. The van der Waals surface area contributed by atoms with Crippen LogP contribution in [0.5, 0.6) is 0 Å². The number of hydrogen-bond acceptors (Lipinski definition) is 5. The maximum atomic E-state index is 14.6. The lowest BCUT2D eigenvalue weighted by Gasteiger charge is -2.22. The molecule has 154 valence electrons. The Hall–Kier alpha value is -3.78. The van der Waals surface area contributed by atoms with Crippen LogP contribution >= 0.6 is 11.6 Å². The van der Waals surface area contributed by atoms with Crippen LogP contribution < -0.4 is 10.9 Å². The first-order valence-corrected chi connectivity index (χ1v) is 9.92. The molecular weight excluding hydrogens is 419 g/mol. The van der Waals surface area contributed by atoms with Crippen molar-refractivity contribution in [1.29, 1.82) is 0 Å².